The largest absolute Gasteiger partial charge is 0.492 e. The van der Waals surface area contributed by atoms with Crippen molar-refractivity contribution < 1.29 is 14.6 Å². The number of carboxylic acid groups (broad SMARTS) is 1. The van der Waals surface area contributed by atoms with Crippen LogP contribution in [0, 0.1) is 5.92 Å². The molecule has 1 aromatic carbocycles. The first-order valence-electron chi connectivity index (χ1n) is 10.2. The summed E-state index contributed by atoms with van der Waals surface area (Å²) in [4.78, 5) is 24.2. The van der Waals surface area contributed by atoms with Crippen LogP contribution < -0.4 is 10.2 Å². The standard InChI is InChI=1S/C23H23N3O4/c1-12(2)19-7-16-14-4-5-30-22(14)15(13-9-24-25(3)10-13)6-17(16)20-8-21(27)18(23(28)29)11-26(19)20/h6,8-12,19H,4-5,7H2,1-3H3,(H,28,29). The molecule has 0 fully saturated rings. The summed E-state index contributed by atoms with van der Waals surface area (Å²) in [6, 6.07) is 3.62. The summed E-state index contributed by atoms with van der Waals surface area (Å²) in [7, 11) is 1.87. The van der Waals surface area contributed by atoms with Crippen molar-refractivity contribution in [2.75, 3.05) is 6.61 Å². The third-order valence-corrected chi connectivity index (χ3v) is 6.24. The molecule has 154 valence electrons. The predicted molar refractivity (Wildman–Crippen MR) is 112 cm³/mol. The molecule has 4 heterocycles. The van der Waals surface area contributed by atoms with Crippen molar-refractivity contribution in [3.05, 3.63) is 57.6 Å². The number of ether oxygens (including phenoxy) is 1. The van der Waals surface area contributed by atoms with Gasteiger partial charge in [-0.1, -0.05) is 13.8 Å². The maximum Gasteiger partial charge on any atom is 0.341 e. The molecule has 30 heavy (non-hydrogen) atoms. The first kappa shape index (κ1) is 18.7. The third-order valence-electron chi connectivity index (χ3n) is 6.24. The fraction of sp³-hybridized carbons (Fsp3) is 0.348. The van der Waals surface area contributed by atoms with E-state index in [1.165, 1.54) is 23.4 Å². The van der Waals surface area contributed by atoms with Gasteiger partial charge in [-0.15, -0.1) is 0 Å². The zero-order valence-corrected chi connectivity index (χ0v) is 17.2. The van der Waals surface area contributed by atoms with Gasteiger partial charge < -0.3 is 14.4 Å². The van der Waals surface area contributed by atoms with E-state index in [4.69, 9.17) is 4.74 Å². The molecule has 0 saturated heterocycles. The van der Waals surface area contributed by atoms with Crippen LogP contribution in [-0.4, -0.2) is 32.0 Å². The molecule has 5 rings (SSSR count). The minimum atomic E-state index is -1.19. The number of fused-ring (bicyclic) bond motifs is 5. The fourth-order valence-corrected chi connectivity index (χ4v) is 4.74. The van der Waals surface area contributed by atoms with Gasteiger partial charge in [-0.2, -0.15) is 5.10 Å². The number of aryl methyl sites for hydroxylation is 1. The Morgan fingerprint density at radius 1 is 1.23 bits per heavy atom. The van der Waals surface area contributed by atoms with Crippen molar-refractivity contribution in [3.8, 4) is 28.1 Å². The second kappa shape index (κ2) is 6.58. The second-order valence-corrected chi connectivity index (χ2v) is 8.42. The molecule has 3 aromatic rings. The quantitative estimate of drug-likeness (QED) is 0.723. The van der Waals surface area contributed by atoms with Crippen LogP contribution in [0.2, 0.25) is 0 Å². The van der Waals surface area contributed by atoms with Crippen molar-refractivity contribution in [2.24, 2.45) is 13.0 Å². The molecule has 7 heteroatoms. The molecule has 0 radical (unpaired) electrons. The first-order chi connectivity index (χ1) is 14.3. The Hall–Kier alpha value is -3.35. The van der Waals surface area contributed by atoms with E-state index in [0.29, 0.717) is 6.61 Å². The Labute approximate surface area is 173 Å². The SMILES string of the molecule is CC(C)C1Cc2c(cc(-c3cnn(C)c3)c3c2CCO3)-c2cc(=O)c(C(=O)O)cn21. The van der Waals surface area contributed by atoms with Gasteiger partial charge in [0.1, 0.15) is 11.3 Å². The third kappa shape index (κ3) is 2.69. The number of carbonyl (C=O) groups is 1. The lowest BCUT2D eigenvalue weighted by Crippen LogP contribution is -2.28. The number of rotatable bonds is 3. The number of aromatic nitrogens is 3. The fourth-order valence-electron chi connectivity index (χ4n) is 4.74. The van der Waals surface area contributed by atoms with Crippen molar-refractivity contribution in [1.29, 1.82) is 0 Å². The Morgan fingerprint density at radius 3 is 2.70 bits per heavy atom. The second-order valence-electron chi connectivity index (χ2n) is 8.42. The van der Waals surface area contributed by atoms with Crippen LogP contribution in [0.25, 0.3) is 22.4 Å². The topological polar surface area (TPSA) is 86.3 Å². The van der Waals surface area contributed by atoms with Crippen molar-refractivity contribution in [1.82, 2.24) is 14.3 Å². The van der Waals surface area contributed by atoms with Crippen LogP contribution in [0.15, 0.2) is 35.5 Å². The van der Waals surface area contributed by atoms with E-state index in [2.05, 4.69) is 25.0 Å². The molecule has 7 nitrogen and oxygen atoms in total. The zero-order chi connectivity index (χ0) is 21.2. The summed E-state index contributed by atoms with van der Waals surface area (Å²) in [5.41, 5.74) is 5.40. The molecule has 0 saturated carbocycles. The molecule has 0 spiro atoms. The molecule has 2 aliphatic rings. The first-order valence-corrected chi connectivity index (χ1v) is 10.2. The highest BCUT2D eigenvalue weighted by atomic mass is 16.5. The molecule has 1 N–H and O–H groups in total. The number of nitrogens with zero attached hydrogens (tertiary/aromatic N) is 3. The maximum atomic E-state index is 12.6. The minimum absolute atomic E-state index is 0.0696. The van der Waals surface area contributed by atoms with Gasteiger partial charge in [0, 0.05) is 60.2 Å². The van der Waals surface area contributed by atoms with Gasteiger partial charge in [0.05, 0.1) is 18.5 Å². The van der Waals surface area contributed by atoms with Crippen LogP contribution in [0.4, 0.5) is 0 Å². The summed E-state index contributed by atoms with van der Waals surface area (Å²) >= 11 is 0. The lowest BCUT2D eigenvalue weighted by molar-refractivity contribution is 0.0694. The molecule has 0 aliphatic carbocycles. The molecule has 1 unspecified atom stereocenters. The van der Waals surface area contributed by atoms with E-state index in [1.807, 2.05) is 24.0 Å². The number of hydrogen-bond donors (Lipinski definition) is 1. The number of aromatic carboxylic acids is 1. The van der Waals surface area contributed by atoms with Gasteiger partial charge in [-0.3, -0.25) is 9.48 Å². The van der Waals surface area contributed by atoms with E-state index in [0.717, 1.165) is 41.0 Å². The summed E-state index contributed by atoms with van der Waals surface area (Å²) in [6.07, 6.45) is 6.88. The molecule has 2 aliphatic heterocycles. The van der Waals surface area contributed by atoms with E-state index < -0.39 is 11.4 Å². The monoisotopic (exact) mass is 405 g/mol. The van der Waals surface area contributed by atoms with Gasteiger partial charge in [-0.25, -0.2) is 4.79 Å². The van der Waals surface area contributed by atoms with Crippen LogP contribution in [0.1, 0.15) is 41.4 Å². The summed E-state index contributed by atoms with van der Waals surface area (Å²) in [6.45, 7) is 4.88. The molecule has 2 aromatic heterocycles. The van der Waals surface area contributed by atoms with E-state index in [-0.39, 0.29) is 17.5 Å². The van der Waals surface area contributed by atoms with Crippen LogP contribution in [0.5, 0.6) is 5.75 Å². The minimum Gasteiger partial charge on any atom is -0.492 e. The van der Waals surface area contributed by atoms with Crippen molar-refractivity contribution in [2.45, 2.75) is 32.7 Å². The lowest BCUT2D eigenvalue weighted by Gasteiger charge is -2.34. The number of pyridine rings is 1. The maximum absolute atomic E-state index is 12.6. The van der Waals surface area contributed by atoms with Crippen molar-refractivity contribution >= 4 is 5.97 Å². The average molecular weight is 405 g/mol. The van der Waals surface area contributed by atoms with Gasteiger partial charge in [0.25, 0.3) is 0 Å². The number of hydrogen-bond acceptors (Lipinski definition) is 4. The Bertz CT molecular complexity index is 1250. The molecular weight excluding hydrogens is 382 g/mol. The molecule has 0 bridgehead atoms. The van der Waals surface area contributed by atoms with Crippen LogP contribution in [0.3, 0.4) is 0 Å². The number of benzene rings is 1. The number of carboxylic acids is 1. The van der Waals surface area contributed by atoms with Crippen LogP contribution >= 0.6 is 0 Å². The summed E-state index contributed by atoms with van der Waals surface area (Å²) in [5.74, 6) is -0.0127. The van der Waals surface area contributed by atoms with Gasteiger partial charge in [0.2, 0.25) is 0 Å². The highest BCUT2D eigenvalue weighted by molar-refractivity contribution is 5.88. The highest BCUT2D eigenvalue weighted by Crippen LogP contribution is 2.47. The lowest BCUT2D eigenvalue weighted by atomic mass is 9.82. The smallest absolute Gasteiger partial charge is 0.341 e. The van der Waals surface area contributed by atoms with Crippen molar-refractivity contribution in [3.63, 3.8) is 0 Å². The average Bonchev–Trinajstić information content (AvgIpc) is 3.35. The van der Waals surface area contributed by atoms with Gasteiger partial charge in [-0.05, 0) is 24.0 Å². The summed E-state index contributed by atoms with van der Waals surface area (Å²) in [5, 5.41) is 13.8. The summed E-state index contributed by atoms with van der Waals surface area (Å²) < 4.78 is 9.77. The zero-order valence-electron chi connectivity index (χ0n) is 17.2. The van der Waals surface area contributed by atoms with Gasteiger partial charge >= 0.3 is 5.97 Å². The Morgan fingerprint density at radius 2 is 2.03 bits per heavy atom. The van der Waals surface area contributed by atoms with Crippen LogP contribution in [-0.2, 0) is 19.9 Å². The molecule has 0 amide bonds. The Kier molecular flexibility index (Phi) is 4.10. The van der Waals surface area contributed by atoms with E-state index >= 15 is 0 Å². The molecular formula is C23H23N3O4. The Balaban J connectivity index is 1.82. The van der Waals surface area contributed by atoms with E-state index in [9.17, 15) is 14.7 Å². The normalized spacial score (nSPS) is 16.7. The van der Waals surface area contributed by atoms with E-state index in [1.54, 1.807) is 4.68 Å². The molecule has 1 atom stereocenters. The highest BCUT2D eigenvalue weighted by Gasteiger charge is 2.33. The van der Waals surface area contributed by atoms with Gasteiger partial charge in [0.15, 0.2) is 5.43 Å². The predicted octanol–water partition coefficient (Wildman–Crippen LogP) is 3.30.